The van der Waals surface area contributed by atoms with Gasteiger partial charge in [-0.3, -0.25) is 0 Å². The first-order valence-electron chi connectivity index (χ1n) is 10.5. The van der Waals surface area contributed by atoms with E-state index in [1.807, 2.05) is 6.07 Å². The van der Waals surface area contributed by atoms with Gasteiger partial charge in [0.2, 0.25) is 0 Å². The number of fused-ring (bicyclic) bond motifs is 6. The molecule has 2 nitrogen and oxygen atoms in total. The number of hydrogen-bond acceptors (Lipinski definition) is 2. The summed E-state index contributed by atoms with van der Waals surface area (Å²) in [5.41, 5.74) is 0. The van der Waals surface area contributed by atoms with Gasteiger partial charge in [0.25, 0.3) is 0 Å². The van der Waals surface area contributed by atoms with Gasteiger partial charge in [0.05, 0.1) is 5.75 Å². The number of hydrogen-bond donors (Lipinski definition) is 0. The molecular weight excluding hydrogens is 396 g/mol. The molecule has 31 heavy (non-hydrogen) atoms. The molecular formula is C28H18O2Si-. The SMILES string of the molecule is c1ccc([Si-]23c4ccccc4Oc4cccc(c42)Oc2c3ccc3ccccc23)cc1. The lowest BCUT2D eigenvalue weighted by Crippen LogP contribution is -2.77. The average Bonchev–Trinajstić information content (AvgIpc) is 2.84. The number of para-hydroxylation sites is 1. The van der Waals surface area contributed by atoms with Gasteiger partial charge in [-0.1, -0.05) is 96.2 Å². The van der Waals surface area contributed by atoms with Crippen molar-refractivity contribution in [2.24, 2.45) is 0 Å². The predicted octanol–water partition coefficient (Wildman–Crippen LogP) is 4.43. The van der Waals surface area contributed by atoms with Gasteiger partial charge >= 0.3 is 0 Å². The minimum Gasteiger partial charge on any atom is -0.463 e. The van der Waals surface area contributed by atoms with E-state index >= 15 is 0 Å². The fourth-order valence-corrected chi connectivity index (χ4v) is 10.5. The molecule has 2 aliphatic rings. The van der Waals surface area contributed by atoms with Gasteiger partial charge in [-0.25, -0.2) is 0 Å². The van der Waals surface area contributed by atoms with E-state index in [2.05, 4.69) is 103 Å². The van der Waals surface area contributed by atoms with Crippen LogP contribution in [-0.4, -0.2) is 8.07 Å². The lowest BCUT2D eigenvalue weighted by molar-refractivity contribution is 0.466. The first-order valence-corrected chi connectivity index (χ1v) is 12.5. The topological polar surface area (TPSA) is 18.5 Å². The second-order valence-electron chi connectivity index (χ2n) is 8.11. The first-order chi connectivity index (χ1) is 15.4. The summed E-state index contributed by atoms with van der Waals surface area (Å²) in [5, 5.41) is 7.47. The van der Waals surface area contributed by atoms with Gasteiger partial charge in [0.1, 0.15) is 17.2 Å². The normalized spacial score (nSPS) is 17.7. The van der Waals surface area contributed by atoms with Crippen molar-refractivity contribution >= 4 is 39.6 Å². The monoisotopic (exact) mass is 414 g/mol. The minimum atomic E-state index is -2.62. The molecule has 0 aromatic heterocycles. The molecule has 0 radical (unpaired) electrons. The molecule has 0 bridgehead atoms. The largest absolute Gasteiger partial charge is 0.463 e. The van der Waals surface area contributed by atoms with E-state index < -0.39 is 8.07 Å². The van der Waals surface area contributed by atoms with E-state index in [1.165, 1.54) is 26.1 Å². The van der Waals surface area contributed by atoms with Crippen molar-refractivity contribution < 1.29 is 9.47 Å². The van der Waals surface area contributed by atoms with E-state index in [0.717, 1.165) is 28.4 Å². The van der Waals surface area contributed by atoms with Crippen LogP contribution in [0.2, 0.25) is 0 Å². The Bertz CT molecular complexity index is 1490. The molecule has 0 aliphatic carbocycles. The van der Waals surface area contributed by atoms with E-state index in [1.54, 1.807) is 0 Å². The van der Waals surface area contributed by atoms with Crippen molar-refractivity contribution in [2.45, 2.75) is 0 Å². The van der Waals surface area contributed by atoms with Crippen LogP contribution in [0.3, 0.4) is 0 Å². The molecule has 5 aromatic rings. The van der Waals surface area contributed by atoms with Crippen molar-refractivity contribution in [1.82, 2.24) is 0 Å². The molecule has 2 heterocycles. The summed E-state index contributed by atoms with van der Waals surface area (Å²) in [4.78, 5) is 0. The van der Waals surface area contributed by atoms with Gasteiger partial charge in [0.15, 0.2) is 0 Å². The number of rotatable bonds is 1. The van der Waals surface area contributed by atoms with Crippen LogP contribution < -0.4 is 30.2 Å². The number of benzene rings is 5. The predicted molar refractivity (Wildman–Crippen MR) is 128 cm³/mol. The van der Waals surface area contributed by atoms with Crippen molar-refractivity contribution in [3.8, 4) is 23.0 Å². The average molecular weight is 415 g/mol. The highest BCUT2D eigenvalue weighted by atomic mass is 28.3. The zero-order valence-electron chi connectivity index (χ0n) is 16.7. The van der Waals surface area contributed by atoms with E-state index in [9.17, 15) is 0 Å². The summed E-state index contributed by atoms with van der Waals surface area (Å²) in [6.07, 6.45) is 0. The minimum absolute atomic E-state index is 0.908. The van der Waals surface area contributed by atoms with Crippen LogP contribution >= 0.6 is 0 Å². The highest BCUT2D eigenvalue weighted by Crippen LogP contribution is 2.40. The van der Waals surface area contributed by atoms with Crippen molar-refractivity contribution in [2.75, 3.05) is 0 Å². The van der Waals surface area contributed by atoms with E-state index in [4.69, 9.17) is 9.47 Å². The number of ether oxygens (including phenoxy) is 2. The Kier molecular flexibility index (Phi) is 3.33. The van der Waals surface area contributed by atoms with Crippen molar-refractivity contribution in [3.05, 3.63) is 109 Å². The third-order valence-corrected chi connectivity index (χ3v) is 11.4. The summed E-state index contributed by atoms with van der Waals surface area (Å²) in [7, 11) is -2.62. The van der Waals surface area contributed by atoms with Crippen LogP contribution in [0.15, 0.2) is 109 Å². The smallest absolute Gasteiger partial charge is 0.105 e. The zero-order chi connectivity index (χ0) is 20.4. The molecule has 1 atom stereocenters. The van der Waals surface area contributed by atoms with Crippen LogP contribution in [-0.2, 0) is 0 Å². The maximum Gasteiger partial charge on any atom is 0.105 e. The summed E-state index contributed by atoms with van der Waals surface area (Å²) < 4.78 is 13.1. The maximum atomic E-state index is 6.65. The summed E-state index contributed by atoms with van der Waals surface area (Å²) in [6, 6.07) is 38.7. The van der Waals surface area contributed by atoms with Gasteiger partial charge in [-0.15, -0.1) is 10.4 Å². The van der Waals surface area contributed by atoms with Crippen LogP contribution in [0.1, 0.15) is 0 Å². The molecule has 0 saturated carbocycles. The Morgan fingerprint density at radius 3 is 2.10 bits per heavy atom. The Morgan fingerprint density at radius 1 is 0.484 bits per heavy atom. The zero-order valence-corrected chi connectivity index (χ0v) is 17.7. The van der Waals surface area contributed by atoms with Crippen LogP contribution in [0.4, 0.5) is 0 Å². The molecule has 3 heteroatoms. The molecule has 0 fully saturated rings. The van der Waals surface area contributed by atoms with Crippen LogP contribution in [0.25, 0.3) is 10.8 Å². The summed E-state index contributed by atoms with van der Waals surface area (Å²) >= 11 is 0. The molecule has 0 N–H and O–H groups in total. The second kappa shape index (κ2) is 6.09. The van der Waals surface area contributed by atoms with Gasteiger partial charge in [-0.05, 0) is 31.7 Å². The highest BCUT2D eigenvalue weighted by Gasteiger charge is 2.42. The maximum absolute atomic E-state index is 6.65. The third kappa shape index (κ3) is 2.11. The molecule has 0 saturated heterocycles. The highest BCUT2D eigenvalue weighted by molar-refractivity contribution is 7.21. The lowest BCUT2D eigenvalue weighted by Gasteiger charge is -2.54. The molecule has 0 spiro atoms. The first kappa shape index (κ1) is 16.9. The quantitative estimate of drug-likeness (QED) is 0.370. The fourth-order valence-electron chi connectivity index (χ4n) is 5.35. The Labute approximate surface area is 181 Å². The van der Waals surface area contributed by atoms with Crippen LogP contribution in [0.5, 0.6) is 23.0 Å². The summed E-state index contributed by atoms with van der Waals surface area (Å²) in [5.74, 6) is 3.75. The fraction of sp³-hybridized carbons (Fsp3) is 0. The molecule has 7 rings (SSSR count). The second-order valence-corrected chi connectivity index (χ2v) is 11.8. The molecule has 147 valence electrons. The molecule has 5 aromatic carbocycles. The van der Waals surface area contributed by atoms with Crippen molar-refractivity contribution in [1.29, 1.82) is 0 Å². The third-order valence-electron chi connectivity index (χ3n) is 6.58. The Balaban J connectivity index is 1.73. The van der Waals surface area contributed by atoms with Gasteiger partial charge < -0.3 is 9.47 Å². The Hall–Kier alpha value is -3.82. The molecule has 0 amide bonds. The van der Waals surface area contributed by atoms with Crippen LogP contribution in [0, 0.1) is 0 Å². The molecule has 1 unspecified atom stereocenters. The standard InChI is InChI=1S/C28H18O2Si/c1-2-10-20(11-3-1)31-25-16-7-6-13-22(25)29-23-14-8-15-24(28(23)31)30-27-21-12-5-4-9-19(21)17-18-26(27)31/h1-18H/q-1. The Morgan fingerprint density at radius 2 is 1.19 bits per heavy atom. The molecule has 2 aliphatic heterocycles. The van der Waals surface area contributed by atoms with E-state index in [0.29, 0.717) is 0 Å². The lowest BCUT2D eigenvalue weighted by atomic mass is 10.1. The van der Waals surface area contributed by atoms with Gasteiger partial charge in [-0.2, -0.15) is 5.19 Å². The van der Waals surface area contributed by atoms with Gasteiger partial charge in [0, 0.05) is 5.39 Å². The summed E-state index contributed by atoms with van der Waals surface area (Å²) in [6.45, 7) is 0. The van der Waals surface area contributed by atoms with E-state index in [-0.39, 0.29) is 0 Å². The van der Waals surface area contributed by atoms with Crippen molar-refractivity contribution in [3.63, 3.8) is 0 Å².